The fourth-order valence-corrected chi connectivity index (χ4v) is 4.09. The Balaban J connectivity index is 1.52. The number of fused-ring (bicyclic) bond motifs is 1. The minimum atomic E-state index is -0.237. The van der Waals surface area contributed by atoms with Crippen LogP contribution in [-0.4, -0.2) is 65.4 Å². The molecule has 1 N–H and O–H groups in total. The van der Waals surface area contributed by atoms with Crippen molar-refractivity contribution in [3.63, 3.8) is 0 Å². The molecule has 1 aromatic carbocycles. The molecular weight excluding hydrogens is 386 g/mol. The van der Waals surface area contributed by atoms with E-state index in [9.17, 15) is 9.59 Å². The minimum Gasteiger partial charge on any atom is -0.497 e. The van der Waals surface area contributed by atoms with E-state index in [0.29, 0.717) is 42.4 Å². The van der Waals surface area contributed by atoms with Crippen LogP contribution in [-0.2, 0) is 20.0 Å². The van der Waals surface area contributed by atoms with E-state index < -0.39 is 0 Å². The first-order chi connectivity index (χ1) is 14.5. The second-order valence-corrected chi connectivity index (χ2v) is 7.60. The molecule has 1 aromatic heterocycles. The zero-order valence-corrected chi connectivity index (χ0v) is 17.6. The highest BCUT2D eigenvalue weighted by Crippen LogP contribution is 2.28. The Hall–Kier alpha value is -3.23. The van der Waals surface area contributed by atoms with Gasteiger partial charge in [0.15, 0.2) is 5.69 Å². The molecule has 0 atom stereocenters. The van der Waals surface area contributed by atoms with Crippen molar-refractivity contribution in [3.05, 3.63) is 35.2 Å². The highest BCUT2D eigenvalue weighted by Gasteiger charge is 2.32. The third kappa shape index (κ3) is 3.79. The SMILES string of the molecule is COc1cc(NC(=O)N2CCc3c(c(C(=O)N4CCCC4)nn3C)C2)cc(OC)c1. The Morgan fingerprint density at radius 1 is 1.00 bits per heavy atom. The molecule has 0 aliphatic carbocycles. The van der Waals surface area contributed by atoms with Crippen LogP contribution in [0.15, 0.2) is 18.2 Å². The van der Waals surface area contributed by atoms with Crippen LogP contribution in [0.2, 0.25) is 0 Å². The summed E-state index contributed by atoms with van der Waals surface area (Å²) in [5, 5.41) is 7.40. The third-order valence-electron chi connectivity index (χ3n) is 5.73. The molecule has 0 unspecified atom stereocenters. The summed E-state index contributed by atoms with van der Waals surface area (Å²) < 4.78 is 12.3. The largest absolute Gasteiger partial charge is 0.497 e. The lowest BCUT2D eigenvalue weighted by atomic mass is 10.0. The average Bonchev–Trinajstić information content (AvgIpc) is 3.41. The van der Waals surface area contributed by atoms with Crippen molar-refractivity contribution in [1.29, 1.82) is 0 Å². The first-order valence-electron chi connectivity index (χ1n) is 10.1. The van der Waals surface area contributed by atoms with Gasteiger partial charge in [0, 0.05) is 68.2 Å². The van der Waals surface area contributed by atoms with Crippen molar-refractivity contribution in [2.75, 3.05) is 39.2 Å². The number of ether oxygens (including phenoxy) is 2. The van der Waals surface area contributed by atoms with Gasteiger partial charge in [0.25, 0.3) is 5.91 Å². The Labute approximate surface area is 175 Å². The van der Waals surface area contributed by atoms with Gasteiger partial charge in [0.1, 0.15) is 11.5 Å². The third-order valence-corrected chi connectivity index (χ3v) is 5.73. The predicted octanol–water partition coefficient (Wildman–Crippen LogP) is 2.26. The van der Waals surface area contributed by atoms with Crippen molar-refractivity contribution in [1.82, 2.24) is 19.6 Å². The number of aryl methyl sites for hydroxylation is 1. The summed E-state index contributed by atoms with van der Waals surface area (Å²) >= 11 is 0. The first kappa shape index (κ1) is 20.1. The molecule has 160 valence electrons. The molecular formula is C21H27N5O4. The van der Waals surface area contributed by atoms with Crippen molar-refractivity contribution in [2.45, 2.75) is 25.8 Å². The molecule has 1 fully saturated rings. The number of rotatable bonds is 4. The molecule has 1 saturated heterocycles. The molecule has 9 nitrogen and oxygen atoms in total. The smallest absolute Gasteiger partial charge is 0.322 e. The number of carbonyl (C=O) groups excluding carboxylic acids is 2. The first-order valence-corrected chi connectivity index (χ1v) is 10.1. The number of nitrogens with zero attached hydrogens (tertiary/aromatic N) is 4. The van der Waals surface area contributed by atoms with Crippen LogP contribution < -0.4 is 14.8 Å². The molecule has 0 spiro atoms. The van der Waals surface area contributed by atoms with Crippen molar-refractivity contribution in [3.8, 4) is 11.5 Å². The highest BCUT2D eigenvalue weighted by atomic mass is 16.5. The molecule has 9 heteroatoms. The number of hydrogen-bond acceptors (Lipinski definition) is 5. The Kier molecular flexibility index (Phi) is 5.52. The van der Waals surface area contributed by atoms with Gasteiger partial charge in [-0.1, -0.05) is 0 Å². The summed E-state index contributed by atoms with van der Waals surface area (Å²) in [6, 6.07) is 4.98. The normalized spacial score (nSPS) is 15.7. The Bertz CT molecular complexity index is 942. The number of likely N-dealkylation sites (tertiary alicyclic amines) is 1. The molecule has 4 rings (SSSR count). The Morgan fingerprint density at radius 3 is 2.30 bits per heavy atom. The van der Waals surface area contributed by atoms with Gasteiger partial charge < -0.3 is 24.6 Å². The number of benzene rings is 1. The van der Waals surface area contributed by atoms with Gasteiger partial charge in [-0.15, -0.1) is 0 Å². The monoisotopic (exact) mass is 413 g/mol. The van der Waals surface area contributed by atoms with Gasteiger partial charge in [-0.25, -0.2) is 4.79 Å². The fraction of sp³-hybridized carbons (Fsp3) is 0.476. The molecule has 2 aromatic rings. The molecule has 2 aliphatic heterocycles. The van der Waals surface area contributed by atoms with Gasteiger partial charge in [0.05, 0.1) is 20.8 Å². The van der Waals surface area contributed by atoms with Gasteiger partial charge in [-0.2, -0.15) is 5.10 Å². The summed E-state index contributed by atoms with van der Waals surface area (Å²) in [5.41, 5.74) is 2.92. The fourth-order valence-electron chi connectivity index (χ4n) is 4.09. The maximum atomic E-state index is 12.9. The summed E-state index contributed by atoms with van der Waals surface area (Å²) in [7, 11) is 4.99. The molecule has 0 bridgehead atoms. The van der Waals surface area contributed by atoms with E-state index >= 15 is 0 Å². The van der Waals surface area contributed by atoms with E-state index in [1.807, 2.05) is 11.9 Å². The average molecular weight is 413 g/mol. The lowest BCUT2D eigenvalue weighted by Gasteiger charge is -2.28. The van der Waals surface area contributed by atoms with Crippen LogP contribution in [0.4, 0.5) is 10.5 Å². The summed E-state index contributed by atoms with van der Waals surface area (Å²) in [6.45, 7) is 2.44. The van der Waals surface area contributed by atoms with Crippen LogP contribution in [0.5, 0.6) is 11.5 Å². The summed E-state index contributed by atoms with van der Waals surface area (Å²) in [6.07, 6.45) is 2.71. The van der Waals surface area contributed by atoms with Crippen LogP contribution in [0, 0.1) is 0 Å². The zero-order chi connectivity index (χ0) is 21.3. The van der Waals surface area contributed by atoms with Gasteiger partial charge in [-0.3, -0.25) is 9.48 Å². The predicted molar refractivity (Wildman–Crippen MR) is 111 cm³/mol. The van der Waals surface area contributed by atoms with E-state index in [1.165, 1.54) is 0 Å². The standard InChI is InChI=1S/C21H27N5O4/c1-24-18-6-9-26(13-17(18)19(23-24)20(27)25-7-4-5-8-25)21(28)22-14-10-15(29-2)12-16(11-14)30-3/h10-12H,4-9,13H2,1-3H3,(H,22,28). The van der Waals surface area contributed by atoms with Gasteiger partial charge >= 0.3 is 6.03 Å². The number of anilines is 1. The van der Waals surface area contributed by atoms with Crippen molar-refractivity contribution in [2.24, 2.45) is 7.05 Å². The molecule has 2 aliphatic rings. The van der Waals surface area contributed by atoms with Crippen molar-refractivity contribution >= 4 is 17.6 Å². The second-order valence-electron chi connectivity index (χ2n) is 7.60. The number of carbonyl (C=O) groups is 2. The zero-order valence-electron chi connectivity index (χ0n) is 17.6. The lowest BCUT2D eigenvalue weighted by molar-refractivity contribution is 0.0784. The second kappa shape index (κ2) is 8.25. The van der Waals surface area contributed by atoms with E-state index in [0.717, 1.165) is 37.2 Å². The summed E-state index contributed by atoms with van der Waals surface area (Å²) in [5.74, 6) is 1.15. The van der Waals surface area contributed by atoms with Gasteiger partial charge in [0.2, 0.25) is 0 Å². The molecule has 0 radical (unpaired) electrons. The minimum absolute atomic E-state index is 0.0378. The molecule has 30 heavy (non-hydrogen) atoms. The van der Waals surface area contributed by atoms with Crippen LogP contribution in [0.1, 0.15) is 34.6 Å². The van der Waals surface area contributed by atoms with Crippen LogP contribution >= 0.6 is 0 Å². The van der Waals surface area contributed by atoms with E-state index in [-0.39, 0.29) is 11.9 Å². The van der Waals surface area contributed by atoms with E-state index in [4.69, 9.17) is 9.47 Å². The Morgan fingerprint density at radius 2 is 1.67 bits per heavy atom. The molecule has 3 amide bonds. The number of methoxy groups -OCH3 is 2. The number of amides is 3. The van der Waals surface area contributed by atoms with E-state index in [2.05, 4.69) is 10.4 Å². The lowest BCUT2D eigenvalue weighted by Crippen LogP contribution is -2.40. The van der Waals surface area contributed by atoms with Crippen LogP contribution in [0.25, 0.3) is 0 Å². The topological polar surface area (TPSA) is 88.9 Å². The number of hydrogen-bond donors (Lipinski definition) is 1. The summed E-state index contributed by atoms with van der Waals surface area (Å²) in [4.78, 5) is 29.4. The number of urea groups is 1. The van der Waals surface area contributed by atoms with Crippen molar-refractivity contribution < 1.29 is 19.1 Å². The number of nitrogens with one attached hydrogen (secondary N) is 1. The molecule has 3 heterocycles. The highest BCUT2D eigenvalue weighted by molar-refractivity contribution is 5.95. The quantitative estimate of drug-likeness (QED) is 0.831. The van der Waals surface area contributed by atoms with Gasteiger partial charge in [-0.05, 0) is 12.8 Å². The maximum Gasteiger partial charge on any atom is 0.322 e. The maximum absolute atomic E-state index is 12.9. The molecule has 0 saturated carbocycles. The van der Waals surface area contributed by atoms with Crippen LogP contribution in [0.3, 0.4) is 0 Å². The van der Waals surface area contributed by atoms with E-state index in [1.54, 1.807) is 42.0 Å². The number of aromatic nitrogens is 2.